The Bertz CT molecular complexity index is 961. The minimum Gasteiger partial charge on any atom is -0.494 e. The summed E-state index contributed by atoms with van der Waals surface area (Å²) >= 11 is 1.15. The zero-order valence-corrected chi connectivity index (χ0v) is 16.3. The van der Waals surface area contributed by atoms with Crippen molar-refractivity contribution < 1.29 is 9.53 Å². The zero-order chi connectivity index (χ0) is 19.1. The topological polar surface area (TPSA) is 60.3 Å². The van der Waals surface area contributed by atoms with Gasteiger partial charge < -0.3 is 10.1 Å². The van der Waals surface area contributed by atoms with Gasteiger partial charge in [-0.15, -0.1) is 0 Å². The fourth-order valence-electron chi connectivity index (χ4n) is 2.89. The van der Waals surface area contributed by atoms with Crippen LogP contribution in [0.3, 0.4) is 0 Å². The molecule has 0 spiro atoms. The predicted molar refractivity (Wildman–Crippen MR) is 111 cm³/mol. The van der Waals surface area contributed by atoms with Gasteiger partial charge in [-0.1, -0.05) is 55.7 Å². The minimum absolute atomic E-state index is 0.00898. The number of ether oxygens (including phenoxy) is 1. The number of para-hydroxylation sites is 1. The molecule has 3 rings (SSSR count). The van der Waals surface area contributed by atoms with Crippen molar-refractivity contribution in [2.24, 2.45) is 0 Å². The van der Waals surface area contributed by atoms with Crippen molar-refractivity contribution in [1.29, 1.82) is 0 Å². The van der Waals surface area contributed by atoms with E-state index in [1.165, 1.54) is 17.4 Å². The number of benzene rings is 2. The summed E-state index contributed by atoms with van der Waals surface area (Å²) < 4.78 is 8.14. The van der Waals surface area contributed by atoms with E-state index in [1.807, 2.05) is 48.5 Å². The lowest BCUT2D eigenvalue weighted by Gasteiger charge is -2.10. The maximum Gasteiger partial charge on any atom is 0.308 e. The van der Waals surface area contributed by atoms with Gasteiger partial charge in [-0.2, -0.15) is 0 Å². The number of rotatable bonds is 9. The highest BCUT2D eigenvalue weighted by atomic mass is 32.1. The number of carbonyl (C=O) groups excluding carboxylic acids is 1. The Hall–Kier alpha value is -2.60. The monoisotopic (exact) mass is 384 g/mol. The van der Waals surface area contributed by atoms with Crippen molar-refractivity contribution in [2.75, 3.05) is 11.9 Å². The molecule has 3 aromatic rings. The minimum atomic E-state index is -0.235. The molecule has 6 heteroatoms. The molecule has 1 amide bonds. The molecule has 142 valence electrons. The van der Waals surface area contributed by atoms with Gasteiger partial charge in [-0.25, -0.2) is 0 Å². The Morgan fingerprint density at radius 2 is 1.96 bits per heavy atom. The first-order valence-corrected chi connectivity index (χ1v) is 10.1. The summed E-state index contributed by atoms with van der Waals surface area (Å²) in [4.78, 5) is 24.4. The molecule has 5 nitrogen and oxygen atoms in total. The molecule has 1 N–H and O–H groups in total. The second-order valence-corrected chi connectivity index (χ2v) is 7.40. The highest BCUT2D eigenvalue weighted by Gasteiger charge is 2.11. The second kappa shape index (κ2) is 9.37. The Morgan fingerprint density at radius 1 is 1.11 bits per heavy atom. The normalized spacial score (nSPS) is 10.9. The van der Waals surface area contributed by atoms with E-state index in [0.29, 0.717) is 12.3 Å². The molecule has 27 heavy (non-hydrogen) atoms. The molecule has 1 aromatic heterocycles. The van der Waals surface area contributed by atoms with Gasteiger partial charge >= 0.3 is 4.87 Å². The Morgan fingerprint density at radius 3 is 2.81 bits per heavy atom. The number of nitrogens with zero attached hydrogens (tertiary/aromatic N) is 1. The van der Waals surface area contributed by atoms with Crippen LogP contribution >= 0.6 is 11.3 Å². The summed E-state index contributed by atoms with van der Waals surface area (Å²) in [5.41, 5.74) is 1.45. The van der Waals surface area contributed by atoms with Crippen LogP contribution in [0.15, 0.2) is 53.3 Å². The first kappa shape index (κ1) is 19.2. The summed E-state index contributed by atoms with van der Waals surface area (Å²) in [5, 5.41) is 2.85. The zero-order valence-electron chi connectivity index (χ0n) is 15.4. The van der Waals surface area contributed by atoms with Gasteiger partial charge in [0.1, 0.15) is 12.3 Å². The highest BCUT2D eigenvalue weighted by Crippen LogP contribution is 2.19. The van der Waals surface area contributed by atoms with Crippen LogP contribution in [0, 0.1) is 0 Å². The molecule has 0 bridgehead atoms. The third kappa shape index (κ3) is 5.20. The van der Waals surface area contributed by atoms with E-state index in [4.69, 9.17) is 4.74 Å². The first-order valence-electron chi connectivity index (χ1n) is 9.28. The maximum atomic E-state index is 12.4. The van der Waals surface area contributed by atoms with Crippen LogP contribution in [-0.4, -0.2) is 17.1 Å². The van der Waals surface area contributed by atoms with E-state index in [2.05, 4.69) is 12.2 Å². The van der Waals surface area contributed by atoms with Gasteiger partial charge in [0.05, 0.1) is 16.8 Å². The van der Waals surface area contributed by atoms with Gasteiger partial charge in [-0.3, -0.25) is 14.2 Å². The summed E-state index contributed by atoms with van der Waals surface area (Å²) in [7, 11) is 0. The van der Waals surface area contributed by atoms with E-state index < -0.39 is 0 Å². The quantitative estimate of drug-likeness (QED) is 0.546. The molecule has 2 aromatic carbocycles. The molecule has 0 aliphatic rings. The van der Waals surface area contributed by atoms with Crippen LogP contribution < -0.4 is 14.9 Å². The lowest BCUT2D eigenvalue weighted by atomic mass is 10.2. The van der Waals surface area contributed by atoms with Gasteiger partial charge in [0.25, 0.3) is 0 Å². The Labute approximate surface area is 162 Å². The molecule has 0 fully saturated rings. The van der Waals surface area contributed by atoms with Crippen molar-refractivity contribution >= 4 is 33.1 Å². The Balaban J connectivity index is 1.60. The molecule has 0 saturated heterocycles. The van der Waals surface area contributed by atoms with E-state index in [-0.39, 0.29) is 17.3 Å². The van der Waals surface area contributed by atoms with Crippen molar-refractivity contribution in [2.45, 2.75) is 39.2 Å². The van der Waals surface area contributed by atoms with Crippen molar-refractivity contribution in [3.05, 3.63) is 58.2 Å². The smallest absolute Gasteiger partial charge is 0.308 e. The van der Waals surface area contributed by atoms with Crippen LogP contribution in [0.1, 0.15) is 32.6 Å². The SMILES string of the molecule is CCCCCCOc1cccc(NC(=O)Cn2c(=O)sc3ccccc32)c1. The van der Waals surface area contributed by atoms with E-state index >= 15 is 0 Å². The molecule has 0 unspecified atom stereocenters. The van der Waals surface area contributed by atoms with Gasteiger partial charge in [0.15, 0.2) is 0 Å². The fraction of sp³-hybridized carbons (Fsp3) is 0.333. The maximum absolute atomic E-state index is 12.4. The highest BCUT2D eigenvalue weighted by molar-refractivity contribution is 7.16. The number of amides is 1. The Kier molecular flexibility index (Phi) is 6.65. The number of anilines is 1. The molecule has 0 atom stereocenters. The number of fused-ring (bicyclic) bond motifs is 1. The number of hydrogen-bond acceptors (Lipinski definition) is 4. The average molecular weight is 385 g/mol. The predicted octanol–water partition coefficient (Wildman–Crippen LogP) is 4.66. The van der Waals surface area contributed by atoms with E-state index in [1.54, 1.807) is 0 Å². The van der Waals surface area contributed by atoms with Crippen LogP contribution in [0.5, 0.6) is 5.75 Å². The van der Waals surface area contributed by atoms with Crippen LogP contribution in [0.4, 0.5) is 5.69 Å². The number of carbonyl (C=O) groups is 1. The number of aromatic nitrogens is 1. The number of thiazole rings is 1. The van der Waals surface area contributed by atoms with Crippen LogP contribution in [-0.2, 0) is 11.3 Å². The third-order valence-electron chi connectivity index (χ3n) is 4.26. The molecule has 0 aliphatic heterocycles. The van der Waals surface area contributed by atoms with Gasteiger partial charge in [-0.05, 0) is 30.7 Å². The van der Waals surface area contributed by atoms with Gasteiger partial charge in [0.2, 0.25) is 5.91 Å². The lowest BCUT2D eigenvalue weighted by Crippen LogP contribution is -2.24. The molecular formula is C21H24N2O3S. The summed E-state index contributed by atoms with van der Waals surface area (Å²) in [6, 6.07) is 14.9. The van der Waals surface area contributed by atoms with Crippen LogP contribution in [0.25, 0.3) is 10.2 Å². The lowest BCUT2D eigenvalue weighted by molar-refractivity contribution is -0.116. The van der Waals surface area contributed by atoms with Crippen molar-refractivity contribution in [3.8, 4) is 5.75 Å². The van der Waals surface area contributed by atoms with Crippen LogP contribution in [0.2, 0.25) is 0 Å². The van der Waals surface area contributed by atoms with Gasteiger partial charge in [0, 0.05) is 11.8 Å². The number of unbranched alkanes of at least 4 members (excludes halogenated alkanes) is 3. The third-order valence-corrected chi connectivity index (χ3v) is 5.22. The largest absolute Gasteiger partial charge is 0.494 e. The first-order chi connectivity index (χ1) is 13.2. The van der Waals surface area contributed by atoms with E-state index in [9.17, 15) is 9.59 Å². The number of hydrogen-bond donors (Lipinski definition) is 1. The molecule has 0 radical (unpaired) electrons. The number of nitrogens with one attached hydrogen (secondary N) is 1. The summed E-state index contributed by atoms with van der Waals surface area (Å²) in [6.45, 7) is 2.85. The molecule has 1 heterocycles. The van der Waals surface area contributed by atoms with E-state index in [0.717, 1.165) is 40.1 Å². The summed E-state index contributed by atoms with van der Waals surface area (Å²) in [5.74, 6) is 0.503. The standard InChI is InChI=1S/C21H24N2O3S/c1-2-3-4-7-13-26-17-10-8-9-16(14-17)22-20(24)15-23-18-11-5-6-12-19(18)27-21(23)25/h5-6,8-12,14H,2-4,7,13,15H2,1H3,(H,22,24). The average Bonchev–Trinajstić information content (AvgIpc) is 2.97. The second-order valence-electron chi connectivity index (χ2n) is 6.41. The molecular weight excluding hydrogens is 360 g/mol. The summed E-state index contributed by atoms with van der Waals surface area (Å²) in [6.07, 6.45) is 4.61. The van der Waals surface area contributed by atoms with Crippen molar-refractivity contribution in [1.82, 2.24) is 4.57 Å². The molecule has 0 saturated carbocycles. The van der Waals surface area contributed by atoms with Crippen molar-refractivity contribution in [3.63, 3.8) is 0 Å². The molecule has 0 aliphatic carbocycles. The fourth-order valence-corrected chi connectivity index (χ4v) is 3.78.